The zero-order valence-corrected chi connectivity index (χ0v) is 9.95. The highest BCUT2D eigenvalue weighted by Crippen LogP contribution is 2.32. The van der Waals surface area contributed by atoms with Gasteiger partial charge in [-0.15, -0.1) is 0 Å². The fourth-order valence-electron chi connectivity index (χ4n) is 2.51. The molecule has 16 heavy (non-hydrogen) atoms. The van der Waals surface area contributed by atoms with Crippen LogP contribution in [0.15, 0.2) is 0 Å². The lowest BCUT2D eigenvalue weighted by Crippen LogP contribution is -2.53. The first-order chi connectivity index (χ1) is 7.67. The molecule has 2 fully saturated rings. The molecule has 1 aliphatic carbocycles. The monoisotopic (exact) mass is 227 g/mol. The van der Waals surface area contributed by atoms with Crippen molar-refractivity contribution in [3.63, 3.8) is 0 Å². The van der Waals surface area contributed by atoms with Gasteiger partial charge in [0.05, 0.1) is 6.61 Å². The van der Waals surface area contributed by atoms with Crippen LogP contribution >= 0.6 is 0 Å². The molecular formula is C12H21NO3. The summed E-state index contributed by atoms with van der Waals surface area (Å²) in [5.74, 6) is 0.0729. The first-order valence-electron chi connectivity index (χ1n) is 6.23. The first-order valence-corrected chi connectivity index (χ1v) is 6.23. The molecule has 4 heteroatoms. The van der Waals surface area contributed by atoms with Gasteiger partial charge in [-0.3, -0.25) is 4.79 Å². The summed E-state index contributed by atoms with van der Waals surface area (Å²) in [4.78, 5) is 14.2. The van der Waals surface area contributed by atoms with Gasteiger partial charge in [-0.1, -0.05) is 0 Å². The number of ether oxygens (including phenoxy) is 1. The van der Waals surface area contributed by atoms with Gasteiger partial charge in [-0.2, -0.15) is 0 Å². The molecular weight excluding hydrogens is 206 g/mol. The van der Waals surface area contributed by atoms with Crippen LogP contribution in [0.3, 0.4) is 0 Å². The van der Waals surface area contributed by atoms with Gasteiger partial charge in [0, 0.05) is 19.2 Å². The molecule has 2 rings (SSSR count). The van der Waals surface area contributed by atoms with Crippen molar-refractivity contribution in [3.05, 3.63) is 0 Å². The van der Waals surface area contributed by atoms with E-state index in [1.54, 1.807) is 0 Å². The highest BCUT2D eigenvalue weighted by atomic mass is 16.5. The van der Waals surface area contributed by atoms with Crippen LogP contribution in [-0.2, 0) is 9.53 Å². The Morgan fingerprint density at radius 2 is 2.25 bits per heavy atom. The molecule has 1 unspecified atom stereocenters. The van der Waals surface area contributed by atoms with Gasteiger partial charge in [0.2, 0.25) is 0 Å². The van der Waals surface area contributed by atoms with Crippen molar-refractivity contribution in [2.75, 3.05) is 19.8 Å². The van der Waals surface area contributed by atoms with Crippen LogP contribution in [0.25, 0.3) is 0 Å². The Kier molecular flexibility index (Phi) is 3.50. The van der Waals surface area contributed by atoms with Gasteiger partial charge in [0.1, 0.15) is 5.60 Å². The molecule has 0 aromatic rings. The van der Waals surface area contributed by atoms with Crippen molar-refractivity contribution in [1.29, 1.82) is 0 Å². The van der Waals surface area contributed by atoms with Crippen LogP contribution in [0.2, 0.25) is 0 Å². The van der Waals surface area contributed by atoms with Gasteiger partial charge in [-0.25, -0.2) is 0 Å². The van der Waals surface area contributed by atoms with E-state index < -0.39 is 5.60 Å². The topological polar surface area (TPSA) is 49.8 Å². The van der Waals surface area contributed by atoms with Gasteiger partial charge in [-0.05, 0) is 39.0 Å². The second-order valence-electron chi connectivity index (χ2n) is 4.99. The van der Waals surface area contributed by atoms with Gasteiger partial charge in [0.15, 0.2) is 0 Å². The molecule has 0 radical (unpaired) electrons. The van der Waals surface area contributed by atoms with Crippen molar-refractivity contribution in [1.82, 2.24) is 4.90 Å². The summed E-state index contributed by atoms with van der Waals surface area (Å²) >= 11 is 0. The molecule has 0 aromatic carbocycles. The summed E-state index contributed by atoms with van der Waals surface area (Å²) in [5.41, 5.74) is -0.634. The summed E-state index contributed by atoms with van der Waals surface area (Å²) in [5, 5.41) is 9.05. The largest absolute Gasteiger partial charge is 0.395 e. The fourth-order valence-corrected chi connectivity index (χ4v) is 2.51. The second kappa shape index (κ2) is 4.72. The third kappa shape index (κ3) is 2.09. The predicted octanol–water partition coefficient (Wildman–Crippen LogP) is 0.929. The molecule has 0 aromatic heterocycles. The maximum atomic E-state index is 12.4. The average molecular weight is 227 g/mol. The molecule has 2 aliphatic rings. The molecule has 0 bridgehead atoms. The number of hydrogen-bond donors (Lipinski definition) is 1. The highest BCUT2D eigenvalue weighted by Gasteiger charge is 2.43. The Morgan fingerprint density at radius 3 is 2.69 bits per heavy atom. The van der Waals surface area contributed by atoms with Crippen molar-refractivity contribution < 1.29 is 14.6 Å². The van der Waals surface area contributed by atoms with E-state index >= 15 is 0 Å². The van der Waals surface area contributed by atoms with E-state index in [9.17, 15) is 4.79 Å². The van der Waals surface area contributed by atoms with Crippen molar-refractivity contribution >= 4 is 5.91 Å². The summed E-state index contributed by atoms with van der Waals surface area (Å²) in [6.45, 7) is 3.05. The third-order valence-corrected chi connectivity index (χ3v) is 3.79. The Hall–Kier alpha value is -0.610. The molecule has 1 N–H and O–H groups in total. The standard InChI is InChI=1S/C12H21NO3/c1-12(6-3-9-16-12)11(15)13(7-8-14)10-4-2-5-10/h10,14H,2-9H2,1H3. The van der Waals surface area contributed by atoms with Crippen LogP contribution in [0.1, 0.15) is 39.0 Å². The number of aliphatic hydroxyl groups is 1. The van der Waals surface area contributed by atoms with Crippen LogP contribution in [0.5, 0.6) is 0 Å². The number of nitrogens with zero attached hydrogens (tertiary/aromatic N) is 1. The zero-order chi connectivity index (χ0) is 11.6. The van der Waals surface area contributed by atoms with Crippen molar-refractivity contribution in [2.24, 2.45) is 0 Å². The lowest BCUT2D eigenvalue weighted by Gasteiger charge is -2.40. The first kappa shape index (κ1) is 11.9. The van der Waals surface area contributed by atoms with Crippen LogP contribution in [0, 0.1) is 0 Å². The minimum atomic E-state index is -0.634. The minimum absolute atomic E-state index is 0.0400. The summed E-state index contributed by atoms with van der Waals surface area (Å²) in [6.07, 6.45) is 5.10. The molecule has 1 saturated heterocycles. The summed E-state index contributed by atoms with van der Waals surface area (Å²) < 4.78 is 5.58. The number of amides is 1. The molecule has 92 valence electrons. The van der Waals surface area contributed by atoms with Crippen LogP contribution in [-0.4, -0.2) is 47.3 Å². The van der Waals surface area contributed by atoms with Crippen LogP contribution < -0.4 is 0 Å². The van der Waals surface area contributed by atoms with E-state index in [2.05, 4.69) is 0 Å². The normalized spacial score (nSPS) is 30.1. The number of carbonyl (C=O) groups excluding carboxylic acids is 1. The van der Waals surface area contributed by atoms with Gasteiger partial charge < -0.3 is 14.7 Å². The molecule has 4 nitrogen and oxygen atoms in total. The SMILES string of the molecule is CC1(C(=O)N(CCO)C2CCC2)CCCO1. The molecule has 1 aliphatic heterocycles. The van der Waals surface area contributed by atoms with Gasteiger partial charge >= 0.3 is 0 Å². The maximum absolute atomic E-state index is 12.4. The quantitative estimate of drug-likeness (QED) is 0.777. The maximum Gasteiger partial charge on any atom is 0.254 e. The number of hydrogen-bond acceptors (Lipinski definition) is 3. The van der Waals surface area contributed by atoms with E-state index in [0.717, 1.165) is 25.7 Å². The zero-order valence-electron chi connectivity index (χ0n) is 9.95. The van der Waals surface area contributed by atoms with Gasteiger partial charge in [0.25, 0.3) is 5.91 Å². The van der Waals surface area contributed by atoms with Crippen molar-refractivity contribution in [3.8, 4) is 0 Å². The third-order valence-electron chi connectivity index (χ3n) is 3.79. The Balaban J connectivity index is 2.03. The Bertz CT molecular complexity index is 257. The second-order valence-corrected chi connectivity index (χ2v) is 4.99. The highest BCUT2D eigenvalue weighted by molar-refractivity contribution is 5.85. The van der Waals surface area contributed by atoms with E-state index in [1.165, 1.54) is 6.42 Å². The minimum Gasteiger partial charge on any atom is -0.395 e. The molecule has 0 spiro atoms. The molecule has 1 atom stereocenters. The number of carbonyl (C=O) groups is 1. The van der Waals surface area contributed by atoms with E-state index in [1.807, 2.05) is 11.8 Å². The lowest BCUT2D eigenvalue weighted by atomic mass is 9.89. The Morgan fingerprint density at radius 1 is 1.50 bits per heavy atom. The number of aliphatic hydroxyl groups excluding tert-OH is 1. The Labute approximate surface area is 96.6 Å². The fraction of sp³-hybridized carbons (Fsp3) is 0.917. The van der Waals surface area contributed by atoms with Crippen LogP contribution in [0.4, 0.5) is 0 Å². The van der Waals surface area contributed by atoms with E-state index in [-0.39, 0.29) is 12.5 Å². The number of rotatable bonds is 4. The average Bonchev–Trinajstić information content (AvgIpc) is 2.62. The molecule has 1 saturated carbocycles. The van der Waals surface area contributed by atoms with E-state index in [0.29, 0.717) is 19.2 Å². The predicted molar refractivity (Wildman–Crippen MR) is 60.0 cm³/mol. The molecule has 1 heterocycles. The van der Waals surface area contributed by atoms with Crippen molar-refractivity contribution in [2.45, 2.75) is 50.7 Å². The molecule has 1 amide bonds. The smallest absolute Gasteiger partial charge is 0.254 e. The van der Waals surface area contributed by atoms with E-state index in [4.69, 9.17) is 9.84 Å². The lowest BCUT2D eigenvalue weighted by molar-refractivity contribution is -0.155. The summed E-state index contributed by atoms with van der Waals surface area (Å²) in [6, 6.07) is 0.334. The summed E-state index contributed by atoms with van der Waals surface area (Å²) in [7, 11) is 0.